The third kappa shape index (κ3) is 4.04. The molecule has 0 bridgehead atoms. The van der Waals surface area contributed by atoms with Gasteiger partial charge in [-0.15, -0.1) is 0 Å². The summed E-state index contributed by atoms with van der Waals surface area (Å²) in [6, 6.07) is 0. The molecule has 3 heteroatoms. The van der Waals surface area contributed by atoms with Crippen molar-refractivity contribution in [3.63, 3.8) is 0 Å². The minimum absolute atomic E-state index is 0.0532. The number of hydrogen-bond donors (Lipinski definition) is 0. The van der Waals surface area contributed by atoms with Crippen molar-refractivity contribution < 1.29 is 14.2 Å². The summed E-state index contributed by atoms with van der Waals surface area (Å²) in [6.07, 6.45) is 7.54. The molecule has 0 aromatic rings. The van der Waals surface area contributed by atoms with Crippen LogP contribution in [0.25, 0.3) is 0 Å². The lowest BCUT2D eigenvalue weighted by Gasteiger charge is -2.32. The summed E-state index contributed by atoms with van der Waals surface area (Å²) >= 11 is 0. The first kappa shape index (κ1) is 12.3. The molecule has 1 unspecified atom stereocenters. The molecule has 0 spiro atoms. The molecule has 1 saturated carbocycles. The second kappa shape index (κ2) is 6.58. The largest absolute Gasteiger partial charge is 0.378 e. The lowest BCUT2D eigenvalue weighted by Crippen LogP contribution is -2.30. The van der Waals surface area contributed by atoms with Gasteiger partial charge in [0.2, 0.25) is 0 Å². The maximum Gasteiger partial charge on any atom is 0.157 e. The molecule has 0 radical (unpaired) electrons. The van der Waals surface area contributed by atoms with Crippen LogP contribution in [0.4, 0.5) is 0 Å². The topological polar surface area (TPSA) is 27.7 Å². The first-order valence-corrected chi connectivity index (χ1v) is 6.69. The number of hydrogen-bond acceptors (Lipinski definition) is 3. The van der Waals surface area contributed by atoms with Gasteiger partial charge in [-0.25, -0.2) is 0 Å². The maximum atomic E-state index is 5.72. The normalized spacial score (nSPS) is 34.7. The maximum absolute atomic E-state index is 5.72. The quantitative estimate of drug-likeness (QED) is 0.654. The van der Waals surface area contributed by atoms with Crippen molar-refractivity contribution in [2.45, 2.75) is 57.8 Å². The number of rotatable bonds is 6. The monoisotopic (exact) mass is 228 g/mol. The van der Waals surface area contributed by atoms with Crippen molar-refractivity contribution >= 4 is 0 Å². The van der Waals surface area contributed by atoms with Gasteiger partial charge in [-0.3, -0.25) is 0 Å². The first-order chi connectivity index (χ1) is 7.84. The Balaban J connectivity index is 1.40. The molecule has 1 aliphatic heterocycles. The zero-order valence-electron chi connectivity index (χ0n) is 10.3. The van der Waals surface area contributed by atoms with E-state index in [2.05, 4.69) is 6.92 Å². The smallest absolute Gasteiger partial charge is 0.157 e. The van der Waals surface area contributed by atoms with Crippen LogP contribution in [0.15, 0.2) is 0 Å². The summed E-state index contributed by atoms with van der Waals surface area (Å²) in [4.78, 5) is 0. The van der Waals surface area contributed by atoms with E-state index in [1.165, 1.54) is 25.7 Å². The molecule has 0 aromatic carbocycles. The van der Waals surface area contributed by atoms with Gasteiger partial charge < -0.3 is 14.2 Å². The van der Waals surface area contributed by atoms with E-state index >= 15 is 0 Å². The third-order valence-electron chi connectivity index (χ3n) is 3.41. The highest BCUT2D eigenvalue weighted by molar-refractivity contribution is 4.76. The Morgan fingerprint density at radius 2 is 1.94 bits per heavy atom. The van der Waals surface area contributed by atoms with Crippen LogP contribution >= 0.6 is 0 Å². The molecule has 2 rings (SSSR count). The van der Waals surface area contributed by atoms with Crippen LogP contribution in [0, 0.1) is 5.92 Å². The molecule has 2 aliphatic rings. The number of ether oxygens (including phenoxy) is 3. The van der Waals surface area contributed by atoms with Gasteiger partial charge in [0.25, 0.3) is 0 Å². The zero-order chi connectivity index (χ0) is 11.2. The van der Waals surface area contributed by atoms with Gasteiger partial charge in [0.15, 0.2) is 6.29 Å². The van der Waals surface area contributed by atoms with Crippen LogP contribution in [-0.2, 0) is 14.2 Å². The molecule has 1 saturated heterocycles. The molecule has 3 nitrogen and oxygen atoms in total. The van der Waals surface area contributed by atoms with Crippen LogP contribution in [0.1, 0.15) is 45.4 Å². The van der Waals surface area contributed by atoms with Crippen molar-refractivity contribution in [3.8, 4) is 0 Å². The Kier molecular flexibility index (Phi) is 5.07. The summed E-state index contributed by atoms with van der Waals surface area (Å²) in [5, 5.41) is 0. The van der Waals surface area contributed by atoms with Gasteiger partial charge >= 0.3 is 0 Å². The standard InChI is InChI=1S/C13H24O3/c1-11-9-12(10-11)14-7-4-8-16-13-5-2-3-6-15-13/h11-13H,2-10H2,1H3. The molecular formula is C13H24O3. The van der Waals surface area contributed by atoms with Crippen LogP contribution in [-0.4, -0.2) is 32.2 Å². The summed E-state index contributed by atoms with van der Waals surface area (Å²) in [5.41, 5.74) is 0. The van der Waals surface area contributed by atoms with Crippen molar-refractivity contribution in [1.82, 2.24) is 0 Å². The molecule has 94 valence electrons. The van der Waals surface area contributed by atoms with E-state index in [9.17, 15) is 0 Å². The molecule has 0 amide bonds. The van der Waals surface area contributed by atoms with E-state index in [0.717, 1.165) is 38.6 Å². The Bertz CT molecular complexity index is 184. The van der Waals surface area contributed by atoms with Crippen LogP contribution in [0.3, 0.4) is 0 Å². The van der Waals surface area contributed by atoms with E-state index < -0.39 is 0 Å². The summed E-state index contributed by atoms with van der Waals surface area (Å²) in [5.74, 6) is 0.872. The molecular weight excluding hydrogens is 204 g/mol. The molecule has 0 N–H and O–H groups in total. The fraction of sp³-hybridized carbons (Fsp3) is 1.00. The molecule has 1 atom stereocenters. The molecule has 1 heterocycles. The van der Waals surface area contributed by atoms with Gasteiger partial charge in [0.1, 0.15) is 0 Å². The van der Waals surface area contributed by atoms with Gasteiger partial charge in [-0.2, -0.15) is 0 Å². The third-order valence-corrected chi connectivity index (χ3v) is 3.41. The molecule has 16 heavy (non-hydrogen) atoms. The first-order valence-electron chi connectivity index (χ1n) is 6.69. The van der Waals surface area contributed by atoms with E-state index in [-0.39, 0.29) is 6.29 Å². The van der Waals surface area contributed by atoms with E-state index in [0.29, 0.717) is 6.10 Å². The predicted molar refractivity (Wildman–Crippen MR) is 62.3 cm³/mol. The second-order valence-corrected chi connectivity index (χ2v) is 5.09. The minimum Gasteiger partial charge on any atom is -0.378 e. The van der Waals surface area contributed by atoms with Crippen molar-refractivity contribution in [2.75, 3.05) is 19.8 Å². The minimum atomic E-state index is 0.0532. The Morgan fingerprint density at radius 3 is 2.62 bits per heavy atom. The summed E-state index contributed by atoms with van der Waals surface area (Å²) in [7, 11) is 0. The van der Waals surface area contributed by atoms with Gasteiger partial charge in [0.05, 0.1) is 12.7 Å². The van der Waals surface area contributed by atoms with Gasteiger partial charge in [-0.05, 0) is 44.4 Å². The highest BCUT2D eigenvalue weighted by atomic mass is 16.7. The Hall–Kier alpha value is -0.120. The average Bonchev–Trinajstić information content (AvgIpc) is 2.27. The molecule has 1 aliphatic carbocycles. The van der Waals surface area contributed by atoms with Crippen LogP contribution in [0.5, 0.6) is 0 Å². The highest BCUT2D eigenvalue weighted by Crippen LogP contribution is 2.29. The lowest BCUT2D eigenvalue weighted by atomic mass is 9.84. The van der Waals surface area contributed by atoms with Crippen molar-refractivity contribution in [1.29, 1.82) is 0 Å². The average molecular weight is 228 g/mol. The van der Waals surface area contributed by atoms with Gasteiger partial charge in [0, 0.05) is 13.2 Å². The fourth-order valence-corrected chi connectivity index (χ4v) is 2.33. The predicted octanol–water partition coefficient (Wildman–Crippen LogP) is 2.73. The SMILES string of the molecule is CC1CC(OCCCOC2CCCCO2)C1. The van der Waals surface area contributed by atoms with Crippen molar-refractivity contribution in [3.05, 3.63) is 0 Å². The Labute approximate surface area is 98.4 Å². The van der Waals surface area contributed by atoms with Crippen molar-refractivity contribution in [2.24, 2.45) is 5.92 Å². The fourth-order valence-electron chi connectivity index (χ4n) is 2.33. The van der Waals surface area contributed by atoms with Crippen LogP contribution < -0.4 is 0 Å². The zero-order valence-corrected chi connectivity index (χ0v) is 10.3. The second-order valence-electron chi connectivity index (χ2n) is 5.09. The van der Waals surface area contributed by atoms with E-state index in [1.54, 1.807) is 0 Å². The summed E-state index contributed by atoms with van der Waals surface area (Å²) < 4.78 is 16.8. The molecule has 0 aromatic heterocycles. The summed E-state index contributed by atoms with van der Waals surface area (Å²) in [6.45, 7) is 4.75. The lowest BCUT2D eigenvalue weighted by molar-refractivity contribution is -0.165. The highest BCUT2D eigenvalue weighted by Gasteiger charge is 2.25. The van der Waals surface area contributed by atoms with E-state index in [1.807, 2.05) is 0 Å². The van der Waals surface area contributed by atoms with Crippen LogP contribution in [0.2, 0.25) is 0 Å². The van der Waals surface area contributed by atoms with E-state index in [4.69, 9.17) is 14.2 Å². The van der Waals surface area contributed by atoms with Gasteiger partial charge in [-0.1, -0.05) is 6.92 Å². The Morgan fingerprint density at radius 1 is 1.12 bits per heavy atom. The molecule has 2 fully saturated rings.